The number of carboxylic acid groups (broad SMARTS) is 2. The summed E-state index contributed by atoms with van der Waals surface area (Å²) in [6, 6.07) is -6.31. The van der Waals surface area contributed by atoms with Crippen molar-refractivity contribution in [1.29, 1.82) is 0 Å². The van der Waals surface area contributed by atoms with Crippen LogP contribution in [-0.4, -0.2) is 97.7 Å². The molecular formula is C25H41N7O9. The number of carbonyl (C=O) groups is 6. The van der Waals surface area contributed by atoms with Gasteiger partial charge in [-0.1, -0.05) is 27.7 Å². The van der Waals surface area contributed by atoms with Crippen LogP contribution in [0.5, 0.6) is 0 Å². The SMILES string of the molecule is CC(C)CC(NC(=O)C(Cc1cnc[nH]1)NC(=O)C(N)CO)C(=O)NC(C(=O)NC(CCC(=O)O)C(=O)O)C(C)C. The molecular weight excluding hydrogens is 542 g/mol. The number of aliphatic carboxylic acids is 2. The number of aromatic nitrogens is 2. The molecule has 230 valence electrons. The minimum absolute atomic E-state index is 0.0321. The van der Waals surface area contributed by atoms with Gasteiger partial charge in [0.2, 0.25) is 23.6 Å². The average molecular weight is 584 g/mol. The molecule has 4 amide bonds. The Kier molecular flexibility index (Phi) is 14.4. The summed E-state index contributed by atoms with van der Waals surface area (Å²) in [7, 11) is 0. The molecule has 0 saturated carbocycles. The van der Waals surface area contributed by atoms with Crippen molar-refractivity contribution in [2.75, 3.05) is 6.61 Å². The van der Waals surface area contributed by atoms with E-state index in [2.05, 4.69) is 31.2 Å². The van der Waals surface area contributed by atoms with E-state index in [9.17, 15) is 39.0 Å². The first-order chi connectivity index (χ1) is 19.2. The van der Waals surface area contributed by atoms with Gasteiger partial charge in [-0.3, -0.25) is 24.0 Å². The van der Waals surface area contributed by atoms with E-state index in [1.165, 1.54) is 12.5 Å². The van der Waals surface area contributed by atoms with Gasteiger partial charge in [-0.05, 0) is 24.7 Å². The summed E-state index contributed by atoms with van der Waals surface area (Å²) >= 11 is 0. The fourth-order valence-corrected chi connectivity index (χ4v) is 3.74. The van der Waals surface area contributed by atoms with Crippen LogP contribution in [0, 0.1) is 11.8 Å². The largest absolute Gasteiger partial charge is 0.481 e. The first kappa shape index (κ1) is 35.0. The Morgan fingerprint density at radius 1 is 0.878 bits per heavy atom. The second-order valence-electron chi connectivity index (χ2n) is 10.4. The van der Waals surface area contributed by atoms with Gasteiger partial charge < -0.3 is 47.3 Å². The highest BCUT2D eigenvalue weighted by Crippen LogP contribution is 2.10. The summed E-state index contributed by atoms with van der Waals surface area (Å²) in [5.74, 6) is -6.32. The molecule has 0 fully saturated rings. The minimum Gasteiger partial charge on any atom is -0.481 e. The number of nitrogens with one attached hydrogen (secondary N) is 5. The van der Waals surface area contributed by atoms with Crippen LogP contribution in [0.25, 0.3) is 0 Å². The molecule has 0 spiro atoms. The standard InChI is InChI=1S/C25H41N7O9/c1-12(2)7-17(31-22(37)18(8-14-9-27-11-28-14)30-21(36)15(26)10-33)23(38)32-20(13(3)4)24(39)29-16(25(40)41)5-6-19(34)35/h9,11-13,15-18,20,33H,5-8,10,26H2,1-4H3,(H,27,28)(H,29,39)(H,30,36)(H,31,37)(H,32,38)(H,34,35)(H,40,41). The Labute approximate surface area is 237 Å². The molecule has 0 aliphatic heterocycles. The highest BCUT2D eigenvalue weighted by molar-refractivity contribution is 5.95. The molecule has 0 aromatic carbocycles. The van der Waals surface area contributed by atoms with Crippen molar-refractivity contribution in [2.24, 2.45) is 17.6 Å². The fraction of sp³-hybridized carbons (Fsp3) is 0.640. The van der Waals surface area contributed by atoms with E-state index < -0.39 is 84.7 Å². The lowest BCUT2D eigenvalue weighted by Crippen LogP contribution is -2.60. The van der Waals surface area contributed by atoms with Gasteiger partial charge in [0, 0.05) is 24.7 Å². The predicted octanol–water partition coefficient (Wildman–Crippen LogP) is -2.14. The minimum atomic E-state index is -1.49. The number of nitrogens with two attached hydrogens (primary N) is 1. The first-order valence-electron chi connectivity index (χ1n) is 13.2. The summed E-state index contributed by atoms with van der Waals surface area (Å²) < 4.78 is 0. The molecule has 1 aromatic rings. The molecule has 1 rings (SSSR count). The van der Waals surface area contributed by atoms with Gasteiger partial charge in [0.1, 0.15) is 30.2 Å². The molecule has 0 radical (unpaired) electrons. The Morgan fingerprint density at radius 2 is 1.46 bits per heavy atom. The average Bonchev–Trinajstić information content (AvgIpc) is 3.40. The maximum Gasteiger partial charge on any atom is 0.326 e. The number of hydrogen-bond acceptors (Lipinski definition) is 9. The normalized spacial score (nSPS) is 14.8. The van der Waals surface area contributed by atoms with Gasteiger partial charge in [0.15, 0.2) is 0 Å². The Morgan fingerprint density at radius 3 is 1.95 bits per heavy atom. The molecule has 5 atom stereocenters. The third-order valence-corrected chi connectivity index (χ3v) is 5.99. The Balaban J connectivity index is 3.11. The van der Waals surface area contributed by atoms with E-state index in [1.54, 1.807) is 13.8 Å². The first-order valence-corrected chi connectivity index (χ1v) is 13.2. The molecule has 1 aromatic heterocycles. The molecule has 0 aliphatic rings. The highest BCUT2D eigenvalue weighted by Gasteiger charge is 2.33. The van der Waals surface area contributed by atoms with Crippen LogP contribution in [-0.2, 0) is 35.2 Å². The smallest absolute Gasteiger partial charge is 0.326 e. The lowest BCUT2D eigenvalue weighted by Gasteiger charge is -2.28. The van der Waals surface area contributed by atoms with Gasteiger partial charge in [-0.25, -0.2) is 9.78 Å². The van der Waals surface area contributed by atoms with Crippen LogP contribution >= 0.6 is 0 Å². The zero-order chi connectivity index (χ0) is 31.3. The van der Waals surface area contributed by atoms with Crippen molar-refractivity contribution in [3.05, 3.63) is 18.2 Å². The van der Waals surface area contributed by atoms with Crippen molar-refractivity contribution in [1.82, 2.24) is 31.2 Å². The number of carbonyl (C=O) groups excluding carboxylic acids is 4. The summed E-state index contributed by atoms with van der Waals surface area (Å²) in [6.07, 6.45) is 2.11. The van der Waals surface area contributed by atoms with Crippen LogP contribution in [0.1, 0.15) is 52.7 Å². The third-order valence-electron chi connectivity index (χ3n) is 5.99. The summed E-state index contributed by atoms with van der Waals surface area (Å²) in [6.45, 7) is 6.20. The fourth-order valence-electron chi connectivity index (χ4n) is 3.74. The maximum absolute atomic E-state index is 13.3. The summed E-state index contributed by atoms with van der Waals surface area (Å²) in [5.41, 5.74) is 6.07. The molecule has 1 heterocycles. The molecule has 16 nitrogen and oxygen atoms in total. The molecule has 16 heteroatoms. The van der Waals surface area contributed by atoms with Crippen molar-refractivity contribution >= 4 is 35.6 Å². The van der Waals surface area contributed by atoms with Crippen molar-refractivity contribution in [2.45, 2.75) is 83.6 Å². The van der Waals surface area contributed by atoms with Crippen LogP contribution < -0.4 is 27.0 Å². The number of rotatable bonds is 18. The van der Waals surface area contributed by atoms with E-state index in [0.29, 0.717) is 5.69 Å². The van der Waals surface area contributed by atoms with Gasteiger partial charge in [-0.2, -0.15) is 0 Å². The third kappa shape index (κ3) is 12.3. The molecule has 0 saturated heterocycles. The molecule has 0 aliphatic carbocycles. The number of H-pyrrole nitrogens is 1. The monoisotopic (exact) mass is 583 g/mol. The predicted molar refractivity (Wildman–Crippen MR) is 144 cm³/mol. The Bertz CT molecular complexity index is 1050. The van der Waals surface area contributed by atoms with Crippen molar-refractivity contribution in [3.8, 4) is 0 Å². The van der Waals surface area contributed by atoms with Crippen molar-refractivity contribution < 1.29 is 44.1 Å². The lowest BCUT2D eigenvalue weighted by atomic mass is 9.99. The number of hydrogen-bond donors (Lipinski definition) is 9. The van der Waals surface area contributed by atoms with Gasteiger partial charge in [0.25, 0.3) is 0 Å². The highest BCUT2D eigenvalue weighted by atomic mass is 16.4. The second-order valence-corrected chi connectivity index (χ2v) is 10.4. The van der Waals surface area contributed by atoms with Crippen LogP contribution in [0.3, 0.4) is 0 Å². The molecule has 0 bridgehead atoms. The summed E-state index contributed by atoms with van der Waals surface area (Å²) in [5, 5.41) is 37.3. The van der Waals surface area contributed by atoms with Gasteiger partial charge >= 0.3 is 11.9 Å². The number of amides is 4. The van der Waals surface area contributed by atoms with Crippen LogP contribution in [0.15, 0.2) is 12.5 Å². The number of aliphatic hydroxyl groups is 1. The van der Waals surface area contributed by atoms with Gasteiger partial charge in [0.05, 0.1) is 12.9 Å². The lowest BCUT2D eigenvalue weighted by molar-refractivity contribution is -0.143. The molecule has 5 unspecified atom stereocenters. The van der Waals surface area contributed by atoms with E-state index in [1.807, 2.05) is 13.8 Å². The zero-order valence-corrected chi connectivity index (χ0v) is 23.5. The van der Waals surface area contributed by atoms with E-state index >= 15 is 0 Å². The van der Waals surface area contributed by atoms with E-state index in [4.69, 9.17) is 10.8 Å². The quantitative estimate of drug-likeness (QED) is 0.0900. The van der Waals surface area contributed by atoms with Crippen LogP contribution in [0.2, 0.25) is 0 Å². The number of carboxylic acids is 2. The Hall–Kier alpha value is -4.05. The van der Waals surface area contributed by atoms with Crippen LogP contribution in [0.4, 0.5) is 0 Å². The van der Waals surface area contributed by atoms with Crippen molar-refractivity contribution in [3.63, 3.8) is 0 Å². The zero-order valence-electron chi connectivity index (χ0n) is 23.5. The molecule has 41 heavy (non-hydrogen) atoms. The number of nitrogens with zero attached hydrogens (tertiary/aromatic N) is 1. The van der Waals surface area contributed by atoms with E-state index in [-0.39, 0.29) is 25.2 Å². The molecule has 10 N–H and O–H groups in total. The number of aliphatic hydroxyl groups excluding tert-OH is 1. The van der Waals surface area contributed by atoms with E-state index in [0.717, 1.165) is 0 Å². The topological polar surface area (TPSA) is 266 Å². The summed E-state index contributed by atoms with van der Waals surface area (Å²) in [4.78, 5) is 80.9. The van der Waals surface area contributed by atoms with Gasteiger partial charge in [-0.15, -0.1) is 0 Å². The maximum atomic E-state index is 13.3. The number of imidazole rings is 1. The number of aromatic amines is 1. The second kappa shape index (κ2) is 16.9.